The van der Waals surface area contributed by atoms with Gasteiger partial charge >= 0.3 is 0 Å². The second-order valence-corrected chi connectivity index (χ2v) is 10.1. The quantitative estimate of drug-likeness (QED) is 0.451. The second kappa shape index (κ2) is 8.46. The summed E-state index contributed by atoms with van der Waals surface area (Å²) in [4.78, 5) is 19.4. The number of nitrogens with zero attached hydrogens (tertiary/aromatic N) is 2. The Hall–Kier alpha value is -3.49. The SMILES string of the molecule is CC(=O)Nc1ccc(-c2ccc(S(=O)(=O)N3CCCC3c3nc4ccccc4[nH]3)cc2)cc1. The number of hydrogen-bond donors (Lipinski definition) is 2. The molecule has 1 aromatic heterocycles. The van der Waals surface area contributed by atoms with Gasteiger partial charge in [0.25, 0.3) is 0 Å². The fourth-order valence-electron chi connectivity index (χ4n) is 4.34. The number of aromatic nitrogens is 2. The standard InChI is InChI=1S/C25H24N4O3S/c1-17(30)26-20-12-8-18(9-13-20)19-10-14-21(15-11-19)33(31,32)29-16-4-7-24(29)25-27-22-5-2-3-6-23(22)28-25/h2-3,5-6,8-15,24H,4,7,16H2,1H3,(H,26,30)(H,27,28). The Labute approximate surface area is 192 Å². The van der Waals surface area contributed by atoms with Crippen molar-refractivity contribution in [2.75, 3.05) is 11.9 Å². The molecule has 1 saturated heterocycles. The Morgan fingerprint density at radius 3 is 2.33 bits per heavy atom. The van der Waals surface area contributed by atoms with E-state index in [0.29, 0.717) is 12.4 Å². The highest BCUT2D eigenvalue weighted by Crippen LogP contribution is 2.36. The molecule has 1 unspecified atom stereocenters. The van der Waals surface area contributed by atoms with Crippen LogP contribution in [0, 0.1) is 0 Å². The lowest BCUT2D eigenvalue weighted by Gasteiger charge is -2.22. The highest BCUT2D eigenvalue weighted by atomic mass is 32.2. The van der Waals surface area contributed by atoms with Gasteiger partial charge in [-0.1, -0.05) is 36.4 Å². The second-order valence-electron chi connectivity index (χ2n) is 8.20. The van der Waals surface area contributed by atoms with Gasteiger partial charge < -0.3 is 10.3 Å². The van der Waals surface area contributed by atoms with E-state index in [1.54, 1.807) is 16.4 Å². The first-order valence-electron chi connectivity index (χ1n) is 10.9. The summed E-state index contributed by atoms with van der Waals surface area (Å²) in [5.74, 6) is 0.563. The number of rotatable bonds is 5. The van der Waals surface area contributed by atoms with E-state index in [-0.39, 0.29) is 16.8 Å². The summed E-state index contributed by atoms with van der Waals surface area (Å²) in [6.45, 7) is 1.93. The van der Waals surface area contributed by atoms with Crippen LogP contribution in [0.5, 0.6) is 0 Å². The molecular formula is C25H24N4O3S. The molecule has 0 spiro atoms. The van der Waals surface area contributed by atoms with E-state index in [1.807, 2.05) is 60.7 Å². The van der Waals surface area contributed by atoms with Crippen LogP contribution in [-0.2, 0) is 14.8 Å². The Balaban J connectivity index is 1.39. The van der Waals surface area contributed by atoms with Crippen LogP contribution < -0.4 is 5.32 Å². The van der Waals surface area contributed by atoms with E-state index < -0.39 is 10.0 Å². The molecule has 1 amide bonds. The molecule has 8 heteroatoms. The number of imidazole rings is 1. The average molecular weight is 461 g/mol. The van der Waals surface area contributed by atoms with Gasteiger partial charge in [0, 0.05) is 19.2 Å². The highest BCUT2D eigenvalue weighted by Gasteiger charge is 2.37. The average Bonchev–Trinajstić information content (AvgIpc) is 3.47. The Morgan fingerprint density at radius 2 is 1.67 bits per heavy atom. The third-order valence-electron chi connectivity index (χ3n) is 5.93. The van der Waals surface area contributed by atoms with Crippen LogP contribution in [0.3, 0.4) is 0 Å². The minimum Gasteiger partial charge on any atom is -0.341 e. The monoisotopic (exact) mass is 460 g/mol. The third-order valence-corrected chi connectivity index (χ3v) is 7.85. The summed E-state index contributed by atoms with van der Waals surface area (Å²) in [5.41, 5.74) is 4.31. The molecule has 0 aliphatic carbocycles. The minimum atomic E-state index is -3.67. The smallest absolute Gasteiger partial charge is 0.243 e. The van der Waals surface area contributed by atoms with E-state index in [4.69, 9.17) is 0 Å². The Morgan fingerprint density at radius 1 is 1.00 bits per heavy atom. The van der Waals surface area contributed by atoms with Crippen molar-refractivity contribution < 1.29 is 13.2 Å². The molecule has 1 aliphatic heterocycles. The molecule has 2 N–H and O–H groups in total. The van der Waals surface area contributed by atoms with Gasteiger partial charge in [0.1, 0.15) is 5.82 Å². The largest absolute Gasteiger partial charge is 0.341 e. The zero-order chi connectivity index (χ0) is 23.0. The summed E-state index contributed by atoms with van der Waals surface area (Å²) in [6.07, 6.45) is 1.53. The molecule has 3 aromatic carbocycles. The molecule has 1 aliphatic rings. The van der Waals surface area contributed by atoms with Gasteiger partial charge in [0.05, 0.1) is 22.0 Å². The first-order chi connectivity index (χ1) is 15.9. The van der Waals surface area contributed by atoms with Gasteiger partial charge in [-0.2, -0.15) is 4.31 Å². The van der Waals surface area contributed by atoms with E-state index in [9.17, 15) is 13.2 Å². The van der Waals surface area contributed by atoms with Crippen LogP contribution in [0.25, 0.3) is 22.2 Å². The molecular weight excluding hydrogens is 436 g/mol. The van der Waals surface area contributed by atoms with Crippen LogP contribution in [0.4, 0.5) is 5.69 Å². The topological polar surface area (TPSA) is 95.2 Å². The number of benzene rings is 3. The fourth-order valence-corrected chi connectivity index (χ4v) is 6.00. The number of aromatic amines is 1. The summed E-state index contributed by atoms with van der Waals surface area (Å²) in [6, 6.07) is 21.8. The molecule has 33 heavy (non-hydrogen) atoms. The van der Waals surface area contributed by atoms with Gasteiger partial charge in [0.2, 0.25) is 15.9 Å². The van der Waals surface area contributed by atoms with E-state index >= 15 is 0 Å². The molecule has 0 radical (unpaired) electrons. The molecule has 168 valence electrons. The summed E-state index contributed by atoms with van der Waals surface area (Å²) >= 11 is 0. The summed E-state index contributed by atoms with van der Waals surface area (Å²) < 4.78 is 28.5. The molecule has 0 bridgehead atoms. The van der Waals surface area contributed by atoms with Crippen LogP contribution in [0.1, 0.15) is 31.6 Å². The predicted molar refractivity (Wildman–Crippen MR) is 128 cm³/mol. The predicted octanol–water partition coefficient (Wildman–Crippen LogP) is 4.71. The zero-order valence-corrected chi connectivity index (χ0v) is 19.0. The number of amides is 1. The molecule has 4 aromatic rings. The number of fused-ring (bicyclic) bond motifs is 1. The molecule has 2 heterocycles. The maximum Gasteiger partial charge on any atom is 0.243 e. The van der Waals surface area contributed by atoms with Crippen molar-refractivity contribution in [3.63, 3.8) is 0 Å². The fraction of sp³-hybridized carbons (Fsp3) is 0.200. The number of sulfonamides is 1. The summed E-state index contributed by atoms with van der Waals surface area (Å²) in [5, 5.41) is 2.74. The molecule has 1 fully saturated rings. The van der Waals surface area contributed by atoms with Gasteiger partial charge in [-0.25, -0.2) is 13.4 Å². The number of H-pyrrole nitrogens is 1. The van der Waals surface area contributed by atoms with Crippen LogP contribution in [0.2, 0.25) is 0 Å². The van der Waals surface area contributed by atoms with Gasteiger partial charge in [0.15, 0.2) is 0 Å². The van der Waals surface area contributed by atoms with Crippen LogP contribution in [-0.4, -0.2) is 35.1 Å². The molecule has 7 nitrogen and oxygen atoms in total. The van der Waals surface area contributed by atoms with E-state index in [0.717, 1.165) is 40.7 Å². The van der Waals surface area contributed by atoms with Gasteiger partial charge in [-0.05, 0) is 60.4 Å². The number of para-hydroxylation sites is 2. The van der Waals surface area contributed by atoms with Crippen molar-refractivity contribution >= 4 is 32.7 Å². The van der Waals surface area contributed by atoms with E-state index in [1.165, 1.54) is 6.92 Å². The minimum absolute atomic E-state index is 0.125. The summed E-state index contributed by atoms with van der Waals surface area (Å²) in [7, 11) is -3.67. The van der Waals surface area contributed by atoms with Crippen molar-refractivity contribution in [3.05, 3.63) is 78.6 Å². The number of carbonyl (C=O) groups excluding carboxylic acids is 1. The zero-order valence-electron chi connectivity index (χ0n) is 18.2. The van der Waals surface area contributed by atoms with Crippen molar-refractivity contribution in [2.45, 2.75) is 30.7 Å². The third kappa shape index (κ3) is 4.15. The molecule has 0 saturated carbocycles. The maximum atomic E-state index is 13.5. The van der Waals surface area contributed by atoms with Crippen molar-refractivity contribution in [3.8, 4) is 11.1 Å². The molecule has 1 atom stereocenters. The van der Waals surface area contributed by atoms with Crippen LogP contribution in [0.15, 0.2) is 77.7 Å². The Bertz CT molecular complexity index is 1380. The number of nitrogens with one attached hydrogen (secondary N) is 2. The van der Waals surface area contributed by atoms with Crippen molar-refractivity contribution in [1.29, 1.82) is 0 Å². The first-order valence-corrected chi connectivity index (χ1v) is 12.3. The number of hydrogen-bond acceptors (Lipinski definition) is 4. The van der Waals surface area contributed by atoms with Crippen molar-refractivity contribution in [1.82, 2.24) is 14.3 Å². The lowest BCUT2D eigenvalue weighted by molar-refractivity contribution is -0.114. The van der Waals surface area contributed by atoms with Gasteiger partial charge in [-0.15, -0.1) is 0 Å². The number of anilines is 1. The lowest BCUT2D eigenvalue weighted by Crippen LogP contribution is -2.31. The first kappa shape index (κ1) is 21.4. The van der Waals surface area contributed by atoms with Crippen molar-refractivity contribution in [2.24, 2.45) is 0 Å². The normalized spacial score (nSPS) is 16.8. The maximum absolute atomic E-state index is 13.5. The Kier molecular flexibility index (Phi) is 5.47. The number of carbonyl (C=O) groups is 1. The highest BCUT2D eigenvalue weighted by molar-refractivity contribution is 7.89. The lowest BCUT2D eigenvalue weighted by atomic mass is 10.1. The van der Waals surface area contributed by atoms with Gasteiger partial charge in [-0.3, -0.25) is 4.79 Å². The van der Waals surface area contributed by atoms with Crippen LogP contribution >= 0.6 is 0 Å². The molecule has 5 rings (SSSR count). The van der Waals surface area contributed by atoms with E-state index in [2.05, 4.69) is 15.3 Å².